The number of amides is 2. The number of urea groups is 1. The van der Waals surface area contributed by atoms with Gasteiger partial charge in [-0.05, 0) is 12.8 Å². The largest absolute Gasteiger partial charge is 0.480 e. The second-order valence-corrected chi connectivity index (χ2v) is 4.22. The molecule has 106 valence electrons. The molecule has 6 nitrogen and oxygen atoms in total. The highest BCUT2D eigenvalue weighted by atomic mass is 16.4. The average Bonchev–Trinajstić information content (AvgIpc) is 2.35. The number of nitrogens with zero attached hydrogens (tertiary/aromatic N) is 1. The minimum atomic E-state index is -1.23. The van der Waals surface area contributed by atoms with E-state index in [1.807, 2.05) is 13.8 Å². The van der Waals surface area contributed by atoms with Crippen LogP contribution in [0.4, 0.5) is 4.79 Å². The van der Waals surface area contributed by atoms with E-state index in [0.717, 1.165) is 25.7 Å². The molecule has 0 aromatic heterocycles. The number of carboxylic acid groups (broad SMARTS) is 1. The van der Waals surface area contributed by atoms with E-state index in [1.54, 1.807) is 4.90 Å². The molecule has 0 radical (unpaired) electrons. The van der Waals surface area contributed by atoms with Crippen LogP contribution in [0.2, 0.25) is 0 Å². The van der Waals surface area contributed by atoms with Gasteiger partial charge < -0.3 is 20.4 Å². The maximum absolute atomic E-state index is 11.9. The number of unbranched alkanes of at least 4 members (excludes halogenated alkanes) is 2. The summed E-state index contributed by atoms with van der Waals surface area (Å²) in [6.07, 6.45) is 3.71. The monoisotopic (exact) mass is 260 g/mol. The van der Waals surface area contributed by atoms with E-state index in [2.05, 4.69) is 5.32 Å². The number of carbonyl (C=O) groups is 2. The third-order valence-corrected chi connectivity index (χ3v) is 2.63. The Kier molecular flexibility index (Phi) is 9.00. The van der Waals surface area contributed by atoms with E-state index in [9.17, 15) is 9.59 Å². The first-order chi connectivity index (χ1) is 8.56. The SMILES string of the molecule is CCCCN(CCCC)C(=O)NC(CO)C(=O)O. The van der Waals surface area contributed by atoms with Crippen molar-refractivity contribution in [3.63, 3.8) is 0 Å². The smallest absolute Gasteiger partial charge is 0.328 e. The summed E-state index contributed by atoms with van der Waals surface area (Å²) in [5.74, 6) is -1.23. The van der Waals surface area contributed by atoms with Crippen LogP contribution in [0.1, 0.15) is 39.5 Å². The van der Waals surface area contributed by atoms with Crippen molar-refractivity contribution in [2.45, 2.75) is 45.6 Å². The maximum atomic E-state index is 11.9. The molecule has 3 N–H and O–H groups in total. The highest BCUT2D eigenvalue weighted by molar-refractivity contribution is 5.82. The molecule has 2 amide bonds. The number of carboxylic acids is 1. The lowest BCUT2D eigenvalue weighted by Gasteiger charge is -2.24. The highest BCUT2D eigenvalue weighted by Crippen LogP contribution is 2.00. The van der Waals surface area contributed by atoms with Crippen LogP contribution in [-0.2, 0) is 4.79 Å². The molecular weight excluding hydrogens is 236 g/mol. The Bertz CT molecular complexity index is 250. The van der Waals surface area contributed by atoms with Crippen LogP contribution in [0.3, 0.4) is 0 Å². The Labute approximate surface area is 108 Å². The number of aliphatic hydroxyl groups is 1. The third kappa shape index (κ3) is 6.44. The van der Waals surface area contributed by atoms with Gasteiger partial charge in [0.05, 0.1) is 6.61 Å². The molecule has 0 saturated heterocycles. The van der Waals surface area contributed by atoms with Crippen molar-refractivity contribution >= 4 is 12.0 Å². The molecule has 0 bridgehead atoms. The fraction of sp³-hybridized carbons (Fsp3) is 0.833. The maximum Gasteiger partial charge on any atom is 0.328 e. The first-order valence-corrected chi connectivity index (χ1v) is 6.45. The van der Waals surface area contributed by atoms with E-state index in [1.165, 1.54) is 0 Å². The van der Waals surface area contributed by atoms with Gasteiger partial charge in [0.15, 0.2) is 6.04 Å². The van der Waals surface area contributed by atoms with Crippen LogP contribution in [0.15, 0.2) is 0 Å². The number of rotatable bonds is 9. The van der Waals surface area contributed by atoms with Crippen LogP contribution in [0.25, 0.3) is 0 Å². The number of hydrogen-bond acceptors (Lipinski definition) is 3. The lowest BCUT2D eigenvalue weighted by molar-refractivity contribution is -0.140. The Morgan fingerprint density at radius 3 is 2.00 bits per heavy atom. The van der Waals surface area contributed by atoms with Crippen molar-refractivity contribution in [1.29, 1.82) is 0 Å². The van der Waals surface area contributed by atoms with Crippen molar-refractivity contribution in [3.8, 4) is 0 Å². The average molecular weight is 260 g/mol. The number of nitrogens with one attached hydrogen (secondary N) is 1. The molecule has 6 heteroatoms. The minimum absolute atomic E-state index is 0.418. The van der Waals surface area contributed by atoms with Gasteiger partial charge in [0.25, 0.3) is 0 Å². The molecule has 0 aliphatic heterocycles. The van der Waals surface area contributed by atoms with Gasteiger partial charge >= 0.3 is 12.0 Å². The highest BCUT2D eigenvalue weighted by Gasteiger charge is 2.21. The zero-order chi connectivity index (χ0) is 14.0. The van der Waals surface area contributed by atoms with Crippen molar-refractivity contribution in [2.75, 3.05) is 19.7 Å². The molecule has 0 saturated carbocycles. The van der Waals surface area contributed by atoms with Crippen molar-refractivity contribution in [1.82, 2.24) is 10.2 Å². The minimum Gasteiger partial charge on any atom is -0.480 e. The molecular formula is C12H24N2O4. The molecule has 18 heavy (non-hydrogen) atoms. The first kappa shape index (κ1) is 16.7. The number of aliphatic hydroxyl groups excluding tert-OH is 1. The summed E-state index contributed by atoms with van der Waals surface area (Å²) in [6, 6.07) is -1.65. The summed E-state index contributed by atoms with van der Waals surface area (Å²) < 4.78 is 0. The van der Waals surface area contributed by atoms with E-state index in [-0.39, 0.29) is 0 Å². The summed E-state index contributed by atoms with van der Waals surface area (Å²) in [6.45, 7) is 4.68. The van der Waals surface area contributed by atoms with Crippen LogP contribution >= 0.6 is 0 Å². The fourth-order valence-electron chi connectivity index (χ4n) is 1.44. The predicted octanol–water partition coefficient (Wildman–Crippen LogP) is 1.04. The molecule has 0 spiro atoms. The van der Waals surface area contributed by atoms with Crippen LogP contribution < -0.4 is 5.32 Å². The Balaban J connectivity index is 4.37. The summed E-state index contributed by atoms with van der Waals surface area (Å²) in [5, 5.41) is 19.9. The van der Waals surface area contributed by atoms with E-state index < -0.39 is 24.6 Å². The molecule has 0 aliphatic carbocycles. The van der Waals surface area contributed by atoms with Gasteiger partial charge in [-0.1, -0.05) is 26.7 Å². The number of hydrogen-bond donors (Lipinski definition) is 3. The molecule has 1 unspecified atom stereocenters. The molecule has 0 fully saturated rings. The van der Waals surface area contributed by atoms with Gasteiger partial charge in [-0.3, -0.25) is 0 Å². The summed E-state index contributed by atoms with van der Waals surface area (Å²) >= 11 is 0. The lowest BCUT2D eigenvalue weighted by Crippen LogP contribution is -2.50. The van der Waals surface area contributed by atoms with Gasteiger partial charge in [0.2, 0.25) is 0 Å². The zero-order valence-electron chi connectivity index (χ0n) is 11.2. The Morgan fingerprint density at radius 1 is 1.17 bits per heavy atom. The Hall–Kier alpha value is -1.30. The van der Waals surface area contributed by atoms with Gasteiger partial charge in [-0.15, -0.1) is 0 Å². The van der Waals surface area contributed by atoms with E-state index >= 15 is 0 Å². The molecule has 0 aromatic rings. The number of carbonyl (C=O) groups excluding carboxylic acids is 1. The molecule has 1 atom stereocenters. The van der Waals surface area contributed by atoms with Gasteiger partial charge in [-0.25, -0.2) is 9.59 Å². The molecule has 0 aromatic carbocycles. The standard InChI is InChI=1S/C12H24N2O4/c1-3-5-7-14(8-6-4-2)12(18)13-10(9-15)11(16)17/h10,15H,3-9H2,1-2H3,(H,13,18)(H,16,17). The van der Waals surface area contributed by atoms with Crippen molar-refractivity contribution in [2.24, 2.45) is 0 Å². The topological polar surface area (TPSA) is 89.9 Å². The number of aliphatic carboxylic acids is 1. The summed E-state index contributed by atoms with van der Waals surface area (Å²) in [4.78, 5) is 24.2. The lowest BCUT2D eigenvalue weighted by atomic mass is 10.2. The zero-order valence-corrected chi connectivity index (χ0v) is 11.2. The van der Waals surface area contributed by atoms with Crippen molar-refractivity contribution < 1.29 is 19.8 Å². The normalized spacial score (nSPS) is 11.9. The van der Waals surface area contributed by atoms with E-state index in [4.69, 9.17) is 10.2 Å². The molecule has 0 rings (SSSR count). The second-order valence-electron chi connectivity index (χ2n) is 4.22. The quantitative estimate of drug-likeness (QED) is 0.578. The molecule has 0 heterocycles. The first-order valence-electron chi connectivity index (χ1n) is 6.45. The second kappa shape index (κ2) is 9.70. The third-order valence-electron chi connectivity index (χ3n) is 2.63. The predicted molar refractivity (Wildman–Crippen MR) is 68.4 cm³/mol. The van der Waals surface area contributed by atoms with Crippen LogP contribution in [0, 0.1) is 0 Å². The summed E-state index contributed by atoms with van der Waals surface area (Å²) in [7, 11) is 0. The fourth-order valence-corrected chi connectivity index (χ4v) is 1.44. The van der Waals surface area contributed by atoms with Gasteiger partial charge in [-0.2, -0.15) is 0 Å². The molecule has 0 aliphatic rings. The van der Waals surface area contributed by atoms with Crippen LogP contribution in [0.5, 0.6) is 0 Å². The van der Waals surface area contributed by atoms with E-state index in [0.29, 0.717) is 13.1 Å². The Morgan fingerprint density at radius 2 is 1.67 bits per heavy atom. The summed E-state index contributed by atoms with van der Waals surface area (Å²) in [5.41, 5.74) is 0. The van der Waals surface area contributed by atoms with Gasteiger partial charge in [0, 0.05) is 13.1 Å². The van der Waals surface area contributed by atoms with Crippen LogP contribution in [-0.4, -0.2) is 52.9 Å². The van der Waals surface area contributed by atoms with Crippen molar-refractivity contribution in [3.05, 3.63) is 0 Å². The van der Waals surface area contributed by atoms with Gasteiger partial charge in [0.1, 0.15) is 0 Å².